The predicted octanol–water partition coefficient (Wildman–Crippen LogP) is 0.200. The minimum Gasteiger partial charge on any atom is -0.274 e. The monoisotopic (exact) mass is 221 g/mol. The molecule has 0 spiro atoms. The molecule has 0 aromatic heterocycles. The molecule has 1 N–H and O–H groups in total. The molecule has 0 atom stereocenters. The molecule has 0 bridgehead atoms. The van der Waals surface area contributed by atoms with E-state index in [2.05, 4.69) is 0 Å². The van der Waals surface area contributed by atoms with Crippen LogP contribution in [0.2, 0.25) is 0 Å². The average Bonchev–Trinajstić information content (AvgIpc) is 1.77. The Bertz CT molecular complexity index is 295. The van der Waals surface area contributed by atoms with Crippen molar-refractivity contribution in [3.63, 3.8) is 0 Å². The SMILES string of the molecule is CC(=O)N(CC(F)(F)F)S(=O)(=O)O. The lowest BCUT2D eigenvalue weighted by atomic mass is 10.6. The van der Waals surface area contributed by atoms with Gasteiger partial charge >= 0.3 is 16.5 Å². The standard InChI is InChI=1S/C4H6F3NO4S/c1-3(9)8(13(10,11)12)2-4(5,6)7/h2H2,1H3,(H,10,11,12). The molecular formula is C4H6F3NO4S. The van der Waals surface area contributed by atoms with Crippen LogP contribution in [0.5, 0.6) is 0 Å². The van der Waals surface area contributed by atoms with Crippen LogP contribution in [0.3, 0.4) is 0 Å². The van der Waals surface area contributed by atoms with Gasteiger partial charge in [0.2, 0.25) is 5.91 Å². The van der Waals surface area contributed by atoms with Crippen LogP contribution >= 0.6 is 0 Å². The maximum atomic E-state index is 11.6. The fraction of sp³-hybridized carbons (Fsp3) is 0.750. The van der Waals surface area contributed by atoms with E-state index in [1.54, 1.807) is 0 Å². The van der Waals surface area contributed by atoms with Crippen molar-refractivity contribution in [2.75, 3.05) is 6.54 Å². The fourth-order valence-corrected chi connectivity index (χ4v) is 1.15. The lowest BCUT2D eigenvalue weighted by Crippen LogP contribution is -2.41. The van der Waals surface area contributed by atoms with Crippen LogP contribution in [0.1, 0.15) is 6.92 Å². The van der Waals surface area contributed by atoms with Crippen molar-refractivity contribution in [3.05, 3.63) is 0 Å². The molecule has 0 aliphatic rings. The molecule has 0 aromatic carbocycles. The maximum Gasteiger partial charge on any atom is 0.407 e. The molecular weight excluding hydrogens is 215 g/mol. The molecule has 0 saturated heterocycles. The lowest BCUT2D eigenvalue weighted by Gasteiger charge is -2.18. The van der Waals surface area contributed by atoms with Gasteiger partial charge in [-0.1, -0.05) is 0 Å². The average molecular weight is 221 g/mol. The van der Waals surface area contributed by atoms with Gasteiger partial charge < -0.3 is 0 Å². The Morgan fingerprint density at radius 1 is 1.46 bits per heavy atom. The summed E-state index contributed by atoms with van der Waals surface area (Å²) in [6.07, 6.45) is -4.87. The van der Waals surface area contributed by atoms with Gasteiger partial charge in [-0.2, -0.15) is 21.6 Å². The summed E-state index contributed by atoms with van der Waals surface area (Å²) < 4.78 is 62.8. The first-order valence-electron chi connectivity index (χ1n) is 2.86. The summed E-state index contributed by atoms with van der Waals surface area (Å²) >= 11 is 0. The van der Waals surface area contributed by atoms with Crippen molar-refractivity contribution in [2.24, 2.45) is 0 Å². The highest BCUT2D eigenvalue weighted by atomic mass is 32.2. The van der Waals surface area contributed by atoms with Crippen molar-refractivity contribution < 1.29 is 30.9 Å². The van der Waals surface area contributed by atoms with Crippen LogP contribution in [0.4, 0.5) is 13.2 Å². The third kappa shape index (κ3) is 4.68. The van der Waals surface area contributed by atoms with Crippen molar-refractivity contribution >= 4 is 16.2 Å². The second-order valence-corrected chi connectivity index (χ2v) is 3.46. The summed E-state index contributed by atoms with van der Waals surface area (Å²) in [6.45, 7) is -1.43. The Morgan fingerprint density at radius 2 is 1.85 bits per heavy atom. The molecule has 5 nitrogen and oxygen atoms in total. The van der Waals surface area contributed by atoms with Gasteiger partial charge in [0.25, 0.3) is 0 Å². The normalized spacial score (nSPS) is 12.7. The van der Waals surface area contributed by atoms with Crippen LogP contribution in [0.25, 0.3) is 0 Å². The molecule has 1 amide bonds. The minimum atomic E-state index is -5.13. The molecule has 0 heterocycles. The van der Waals surface area contributed by atoms with Gasteiger partial charge in [-0.25, -0.2) is 4.31 Å². The van der Waals surface area contributed by atoms with Crippen LogP contribution in [-0.2, 0) is 15.1 Å². The molecule has 0 aliphatic carbocycles. The fourth-order valence-electron chi connectivity index (χ4n) is 0.518. The van der Waals surface area contributed by atoms with Crippen LogP contribution in [-0.4, -0.2) is 35.9 Å². The van der Waals surface area contributed by atoms with Crippen LogP contribution in [0, 0.1) is 0 Å². The van der Waals surface area contributed by atoms with E-state index in [-0.39, 0.29) is 0 Å². The van der Waals surface area contributed by atoms with Gasteiger partial charge in [-0.15, -0.1) is 0 Å². The van der Waals surface area contributed by atoms with E-state index >= 15 is 0 Å². The molecule has 78 valence electrons. The number of halogens is 3. The number of alkyl halides is 3. The number of hydrogen-bond acceptors (Lipinski definition) is 3. The zero-order chi connectivity index (χ0) is 10.9. The minimum absolute atomic E-state index is 0.597. The molecule has 0 aromatic rings. The van der Waals surface area contributed by atoms with E-state index in [4.69, 9.17) is 4.55 Å². The van der Waals surface area contributed by atoms with Crippen LogP contribution in [0.15, 0.2) is 0 Å². The van der Waals surface area contributed by atoms with E-state index in [9.17, 15) is 26.4 Å². The molecule has 0 unspecified atom stereocenters. The number of hydrogen-bond donors (Lipinski definition) is 1. The molecule has 0 radical (unpaired) electrons. The predicted molar refractivity (Wildman–Crippen MR) is 35.0 cm³/mol. The molecule has 0 aliphatic heterocycles. The van der Waals surface area contributed by atoms with E-state index < -0.39 is 33.2 Å². The first-order valence-corrected chi connectivity index (χ1v) is 4.26. The van der Waals surface area contributed by atoms with Crippen molar-refractivity contribution in [2.45, 2.75) is 13.1 Å². The quantitative estimate of drug-likeness (QED) is 0.676. The number of carbonyl (C=O) groups is 1. The first kappa shape index (κ1) is 12.2. The largest absolute Gasteiger partial charge is 0.407 e. The highest BCUT2D eigenvalue weighted by molar-refractivity contribution is 7.84. The van der Waals surface area contributed by atoms with Gasteiger partial charge in [0.05, 0.1) is 0 Å². The van der Waals surface area contributed by atoms with Crippen LogP contribution < -0.4 is 0 Å². The Hall–Kier alpha value is -0.830. The maximum absolute atomic E-state index is 11.6. The van der Waals surface area contributed by atoms with Crippen molar-refractivity contribution in [1.29, 1.82) is 0 Å². The van der Waals surface area contributed by atoms with Crippen molar-refractivity contribution in [3.8, 4) is 0 Å². The van der Waals surface area contributed by atoms with Gasteiger partial charge in [0.1, 0.15) is 6.54 Å². The van der Waals surface area contributed by atoms with Gasteiger partial charge in [-0.3, -0.25) is 9.35 Å². The Labute approximate surface area is 72.0 Å². The molecule has 9 heteroatoms. The topological polar surface area (TPSA) is 74.7 Å². The van der Waals surface area contributed by atoms with E-state index in [0.29, 0.717) is 6.92 Å². The molecule has 0 fully saturated rings. The van der Waals surface area contributed by atoms with E-state index in [0.717, 1.165) is 0 Å². The summed E-state index contributed by atoms with van der Waals surface area (Å²) in [4.78, 5) is 10.4. The second kappa shape index (κ2) is 3.50. The van der Waals surface area contributed by atoms with Gasteiger partial charge in [-0.05, 0) is 0 Å². The molecule has 13 heavy (non-hydrogen) atoms. The van der Waals surface area contributed by atoms with Crippen molar-refractivity contribution in [1.82, 2.24) is 4.31 Å². The Balaban J connectivity index is 4.78. The number of amides is 1. The molecule has 0 rings (SSSR count). The Kier molecular flexibility index (Phi) is 3.28. The summed E-state index contributed by atoms with van der Waals surface area (Å²) in [6, 6.07) is 0. The highest BCUT2D eigenvalue weighted by Crippen LogP contribution is 2.17. The smallest absolute Gasteiger partial charge is 0.274 e. The van der Waals surface area contributed by atoms with E-state index in [1.165, 1.54) is 0 Å². The third-order valence-electron chi connectivity index (χ3n) is 0.953. The number of nitrogens with zero attached hydrogens (tertiary/aromatic N) is 1. The first-order chi connectivity index (χ1) is 5.54. The molecule has 0 saturated carbocycles. The van der Waals surface area contributed by atoms with E-state index in [1.807, 2.05) is 0 Å². The Morgan fingerprint density at radius 3 is 1.92 bits per heavy atom. The zero-order valence-electron chi connectivity index (χ0n) is 6.37. The number of rotatable bonds is 2. The highest BCUT2D eigenvalue weighted by Gasteiger charge is 2.37. The van der Waals surface area contributed by atoms with Gasteiger partial charge in [0.15, 0.2) is 0 Å². The second-order valence-electron chi connectivity index (χ2n) is 2.12. The third-order valence-corrected chi connectivity index (χ3v) is 1.90. The summed E-state index contributed by atoms with van der Waals surface area (Å²) in [5, 5.41) is 0. The summed E-state index contributed by atoms with van der Waals surface area (Å²) in [5.74, 6) is -1.40. The number of carbonyl (C=O) groups excluding carboxylic acids is 1. The zero-order valence-corrected chi connectivity index (χ0v) is 7.18. The lowest BCUT2D eigenvalue weighted by molar-refractivity contribution is -0.150. The summed E-state index contributed by atoms with van der Waals surface area (Å²) in [7, 11) is -5.13. The van der Waals surface area contributed by atoms with Gasteiger partial charge in [0, 0.05) is 6.92 Å². The summed E-state index contributed by atoms with van der Waals surface area (Å²) in [5.41, 5.74) is 0.